The maximum atomic E-state index is 11.8. The predicted octanol–water partition coefficient (Wildman–Crippen LogP) is 3.89. The minimum Gasteiger partial charge on any atom is -0.490 e. The SMILES string of the molecule is CCC(CC1(C(=O)O)CCC(Oc2ccccc2)CC1)OC. The van der Waals surface area contributed by atoms with E-state index in [1.165, 1.54) is 0 Å². The van der Waals surface area contributed by atoms with Gasteiger partial charge in [-0.15, -0.1) is 0 Å². The van der Waals surface area contributed by atoms with E-state index >= 15 is 0 Å². The van der Waals surface area contributed by atoms with Gasteiger partial charge in [0, 0.05) is 7.11 Å². The second-order valence-electron chi connectivity index (χ2n) is 6.19. The molecule has 0 amide bonds. The number of methoxy groups -OCH3 is 1. The van der Waals surface area contributed by atoms with Crippen LogP contribution in [0.1, 0.15) is 45.4 Å². The molecule has 1 aromatic carbocycles. The summed E-state index contributed by atoms with van der Waals surface area (Å²) < 4.78 is 11.4. The molecule has 0 heterocycles. The summed E-state index contributed by atoms with van der Waals surface area (Å²) in [5.74, 6) is 0.166. The number of ether oxygens (including phenoxy) is 2. The summed E-state index contributed by atoms with van der Waals surface area (Å²) in [5.41, 5.74) is -0.659. The highest BCUT2D eigenvalue weighted by molar-refractivity contribution is 5.74. The van der Waals surface area contributed by atoms with Crippen molar-refractivity contribution in [3.63, 3.8) is 0 Å². The summed E-state index contributed by atoms with van der Waals surface area (Å²) in [6.07, 6.45) is 4.42. The first-order chi connectivity index (χ1) is 10.6. The van der Waals surface area contributed by atoms with E-state index in [1.54, 1.807) is 7.11 Å². The third-order valence-electron chi connectivity index (χ3n) is 4.80. The Balaban J connectivity index is 1.96. The van der Waals surface area contributed by atoms with E-state index in [-0.39, 0.29) is 12.2 Å². The highest BCUT2D eigenvalue weighted by atomic mass is 16.5. The number of hydrogen-bond donors (Lipinski definition) is 1. The van der Waals surface area contributed by atoms with Gasteiger partial charge in [0.2, 0.25) is 0 Å². The van der Waals surface area contributed by atoms with Crippen LogP contribution in [0.2, 0.25) is 0 Å². The highest BCUT2D eigenvalue weighted by Crippen LogP contribution is 2.42. The van der Waals surface area contributed by atoms with Gasteiger partial charge >= 0.3 is 5.97 Å². The summed E-state index contributed by atoms with van der Waals surface area (Å²) in [4.78, 5) is 11.8. The molecule has 0 saturated heterocycles. The van der Waals surface area contributed by atoms with Gasteiger partial charge in [0.05, 0.1) is 17.6 Å². The lowest BCUT2D eigenvalue weighted by Crippen LogP contribution is -2.41. The number of rotatable bonds is 7. The van der Waals surface area contributed by atoms with Crippen LogP contribution in [0.25, 0.3) is 0 Å². The summed E-state index contributed by atoms with van der Waals surface area (Å²) >= 11 is 0. The molecule has 1 atom stereocenters. The lowest BCUT2D eigenvalue weighted by Gasteiger charge is -2.38. The molecule has 1 aromatic rings. The molecule has 0 aliphatic heterocycles. The van der Waals surface area contributed by atoms with Crippen molar-refractivity contribution in [2.45, 2.75) is 57.7 Å². The molecule has 1 aliphatic carbocycles. The third-order valence-corrected chi connectivity index (χ3v) is 4.80. The lowest BCUT2D eigenvalue weighted by molar-refractivity contribution is -0.155. The van der Waals surface area contributed by atoms with Gasteiger partial charge < -0.3 is 14.6 Å². The van der Waals surface area contributed by atoms with Gasteiger partial charge in [-0.25, -0.2) is 0 Å². The second kappa shape index (κ2) is 7.63. The van der Waals surface area contributed by atoms with Gasteiger partial charge in [0.15, 0.2) is 0 Å². The molecule has 0 spiro atoms. The summed E-state index contributed by atoms with van der Waals surface area (Å²) in [7, 11) is 1.66. The Kier molecular flexibility index (Phi) is 5.83. The number of aliphatic carboxylic acids is 1. The molecule has 122 valence electrons. The van der Waals surface area contributed by atoms with Crippen LogP contribution in [-0.2, 0) is 9.53 Å². The number of carbonyl (C=O) groups is 1. The molecule has 0 aromatic heterocycles. The van der Waals surface area contributed by atoms with E-state index < -0.39 is 11.4 Å². The molecule has 1 N–H and O–H groups in total. The molecule has 4 nitrogen and oxygen atoms in total. The van der Waals surface area contributed by atoms with Crippen molar-refractivity contribution in [2.24, 2.45) is 5.41 Å². The topological polar surface area (TPSA) is 55.8 Å². The van der Waals surface area contributed by atoms with Gasteiger partial charge in [-0.3, -0.25) is 4.79 Å². The fraction of sp³-hybridized carbons (Fsp3) is 0.611. The van der Waals surface area contributed by atoms with Crippen molar-refractivity contribution in [1.29, 1.82) is 0 Å². The molecule has 22 heavy (non-hydrogen) atoms. The molecule has 1 saturated carbocycles. The van der Waals surface area contributed by atoms with Crippen molar-refractivity contribution in [3.05, 3.63) is 30.3 Å². The van der Waals surface area contributed by atoms with Gasteiger partial charge in [-0.05, 0) is 50.7 Å². The Bertz CT molecular complexity index is 459. The fourth-order valence-electron chi connectivity index (χ4n) is 3.29. The predicted molar refractivity (Wildman–Crippen MR) is 85.1 cm³/mol. The van der Waals surface area contributed by atoms with Crippen LogP contribution < -0.4 is 4.74 Å². The highest BCUT2D eigenvalue weighted by Gasteiger charge is 2.43. The van der Waals surface area contributed by atoms with Gasteiger partial charge in [-0.1, -0.05) is 25.1 Å². The maximum absolute atomic E-state index is 11.8. The molecule has 1 fully saturated rings. The normalized spacial score (nSPS) is 26.4. The largest absolute Gasteiger partial charge is 0.490 e. The Labute approximate surface area is 132 Å². The van der Waals surface area contributed by atoms with Gasteiger partial charge in [0.1, 0.15) is 5.75 Å². The standard InChI is InChI=1S/C18H26O4/c1-3-14(21-2)13-18(17(19)20)11-9-16(10-12-18)22-15-7-5-4-6-8-15/h4-8,14,16H,3,9-13H2,1-2H3,(H,19,20). The maximum Gasteiger partial charge on any atom is 0.309 e. The van der Waals surface area contributed by atoms with E-state index in [9.17, 15) is 9.90 Å². The summed E-state index contributed by atoms with van der Waals surface area (Å²) in [6.45, 7) is 2.04. The average Bonchev–Trinajstić information content (AvgIpc) is 2.55. The smallest absolute Gasteiger partial charge is 0.309 e. The minimum atomic E-state index is -0.693. The molecule has 1 aliphatic rings. The molecule has 2 rings (SSSR count). The molecule has 4 heteroatoms. The van der Waals surface area contributed by atoms with Crippen molar-refractivity contribution in [1.82, 2.24) is 0 Å². The molecule has 0 radical (unpaired) electrons. The lowest BCUT2D eigenvalue weighted by atomic mass is 9.69. The molecular formula is C18H26O4. The van der Waals surface area contributed by atoms with Crippen molar-refractivity contribution >= 4 is 5.97 Å². The van der Waals surface area contributed by atoms with E-state index in [0.29, 0.717) is 19.3 Å². The minimum absolute atomic E-state index is 0.0164. The Morgan fingerprint density at radius 1 is 1.32 bits per heavy atom. The first-order valence-corrected chi connectivity index (χ1v) is 8.07. The Morgan fingerprint density at radius 2 is 1.95 bits per heavy atom. The van der Waals surface area contributed by atoms with E-state index in [2.05, 4.69) is 0 Å². The first kappa shape index (κ1) is 16.8. The van der Waals surface area contributed by atoms with Crippen LogP contribution in [-0.4, -0.2) is 30.4 Å². The van der Waals surface area contributed by atoms with E-state index in [1.807, 2.05) is 37.3 Å². The van der Waals surface area contributed by atoms with Crippen LogP contribution in [0.4, 0.5) is 0 Å². The zero-order valence-corrected chi connectivity index (χ0v) is 13.5. The molecule has 0 bridgehead atoms. The number of benzene rings is 1. The number of carboxylic acid groups (broad SMARTS) is 1. The summed E-state index contributed by atoms with van der Waals surface area (Å²) in [6, 6.07) is 9.74. The van der Waals surface area contributed by atoms with Crippen molar-refractivity contribution < 1.29 is 19.4 Å². The van der Waals surface area contributed by atoms with Gasteiger partial charge in [-0.2, -0.15) is 0 Å². The first-order valence-electron chi connectivity index (χ1n) is 8.07. The second-order valence-corrected chi connectivity index (χ2v) is 6.19. The monoisotopic (exact) mass is 306 g/mol. The quantitative estimate of drug-likeness (QED) is 0.830. The average molecular weight is 306 g/mol. The van der Waals surface area contributed by atoms with Crippen LogP contribution in [0.5, 0.6) is 5.75 Å². The van der Waals surface area contributed by atoms with Gasteiger partial charge in [0.25, 0.3) is 0 Å². The number of carboxylic acids is 1. The third kappa shape index (κ3) is 4.01. The van der Waals surface area contributed by atoms with E-state index in [4.69, 9.17) is 9.47 Å². The number of hydrogen-bond acceptors (Lipinski definition) is 3. The molecular weight excluding hydrogens is 280 g/mol. The van der Waals surface area contributed by atoms with Crippen LogP contribution >= 0.6 is 0 Å². The van der Waals surface area contributed by atoms with Crippen molar-refractivity contribution in [3.8, 4) is 5.75 Å². The molecule has 1 unspecified atom stereocenters. The van der Waals surface area contributed by atoms with Crippen LogP contribution in [0.15, 0.2) is 30.3 Å². The Morgan fingerprint density at radius 3 is 2.45 bits per heavy atom. The Hall–Kier alpha value is -1.55. The van der Waals surface area contributed by atoms with Crippen molar-refractivity contribution in [2.75, 3.05) is 7.11 Å². The summed E-state index contributed by atoms with van der Waals surface area (Å²) in [5, 5.41) is 9.71. The number of para-hydroxylation sites is 1. The van der Waals surface area contributed by atoms with Crippen LogP contribution in [0.3, 0.4) is 0 Å². The fourth-order valence-corrected chi connectivity index (χ4v) is 3.29. The van der Waals surface area contributed by atoms with Crippen LogP contribution in [0, 0.1) is 5.41 Å². The zero-order chi connectivity index (χ0) is 16.0. The van der Waals surface area contributed by atoms with E-state index in [0.717, 1.165) is 25.0 Å². The zero-order valence-electron chi connectivity index (χ0n) is 13.5.